The Morgan fingerprint density at radius 2 is 2.19 bits per heavy atom. The van der Waals surface area contributed by atoms with Gasteiger partial charge in [0.25, 0.3) is 5.91 Å². The fourth-order valence-corrected chi connectivity index (χ4v) is 2.63. The molecule has 1 aromatic heterocycles. The van der Waals surface area contributed by atoms with Crippen LogP contribution in [0.15, 0.2) is 41.0 Å². The van der Waals surface area contributed by atoms with Crippen LogP contribution in [0.1, 0.15) is 28.9 Å². The first kappa shape index (κ1) is 15.8. The Kier molecular flexibility index (Phi) is 5.20. The second-order valence-corrected chi connectivity index (χ2v) is 5.64. The van der Waals surface area contributed by atoms with Gasteiger partial charge in [0.1, 0.15) is 10.9 Å². The van der Waals surface area contributed by atoms with Gasteiger partial charge in [-0.05, 0) is 52.7 Å². The molecule has 0 aliphatic heterocycles. The Labute approximate surface area is 136 Å². The predicted octanol–water partition coefficient (Wildman–Crippen LogP) is 4.00. The van der Waals surface area contributed by atoms with Gasteiger partial charge in [-0.15, -0.1) is 0 Å². The summed E-state index contributed by atoms with van der Waals surface area (Å²) in [7, 11) is 1.61. The summed E-state index contributed by atoms with van der Waals surface area (Å²) in [5, 5.41) is 3.09. The summed E-state index contributed by atoms with van der Waals surface area (Å²) in [4.78, 5) is 16.1. The van der Waals surface area contributed by atoms with Gasteiger partial charge in [-0.1, -0.05) is 17.7 Å². The van der Waals surface area contributed by atoms with Crippen molar-refractivity contribution in [3.63, 3.8) is 0 Å². The van der Waals surface area contributed by atoms with E-state index in [2.05, 4.69) is 26.2 Å². The Bertz CT molecular complexity index is 664. The number of halogens is 2. The molecule has 0 bridgehead atoms. The summed E-state index contributed by atoms with van der Waals surface area (Å²) in [6.07, 6.45) is 1.54. The number of rotatable bonds is 4. The monoisotopic (exact) mass is 368 g/mol. The highest BCUT2D eigenvalue weighted by Crippen LogP contribution is 2.28. The largest absolute Gasteiger partial charge is 0.496 e. The molecule has 21 heavy (non-hydrogen) atoms. The van der Waals surface area contributed by atoms with E-state index < -0.39 is 0 Å². The first-order valence-electron chi connectivity index (χ1n) is 6.27. The molecule has 6 heteroatoms. The first-order valence-corrected chi connectivity index (χ1v) is 7.45. The maximum atomic E-state index is 12.2. The highest BCUT2D eigenvalue weighted by Gasteiger charge is 2.15. The van der Waals surface area contributed by atoms with E-state index >= 15 is 0 Å². The van der Waals surface area contributed by atoms with Crippen LogP contribution >= 0.6 is 27.5 Å². The Morgan fingerprint density at radius 3 is 2.81 bits per heavy atom. The molecule has 0 aliphatic rings. The number of aromatic nitrogens is 1. The number of amides is 1. The van der Waals surface area contributed by atoms with E-state index in [1.807, 2.05) is 25.1 Å². The molecule has 1 atom stereocenters. The molecule has 1 heterocycles. The van der Waals surface area contributed by atoms with Crippen molar-refractivity contribution >= 4 is 33.4 Å². The number of carbonyl (C=O) groups excluding carboxylic acids is 1. The second-order valence-electron chi connectivity index (χ2n) is 4.43. The van der Waals surface area contributed by atoms with Gasteiger partial charge in [0.15, 0.2) is 0 Å². The normalized spacial score (nSPS) is 11.8. The lowest BCUT2D eigenvalue weighted by Crippen LogP contribution is -2.27. The molecule has 1 aromatic carbocycles. The summed E-state index contributed by atoms with van der Waals surface area (Å²) in [5.41, 5.74) is 1.31. The van der Waals surface area contributed by atoms with E-state index in [1.165, 1.54) is 0 Å². The molecule has 0 aliphatic carbocycles. The van der Waals surface area contributed by atoms with Gasteiger partial charge in [-0.3, -0.25) is 4.79 Å². The number of methoxy groups -OCH3 is 1. The third kappa shape index (κ3) is 3.74. The third-order valence-electron chi connectivity index (χ3n) is 3.03. The van der Waals surface area contributed by atoms with Gasteiger partial charge < -0.3 is 10.1 Å². The van der Waals surface area contributed by atoms with Crippen LogP contribution in [0.5, 0.6) is 5.75 Å². The van der Waals surface area contributed by atoms with Crippen LogP contribution < -0.4 is 10.1 Å². The van der Waals surface area contributed by atoms with E-state index in [0.29, 0.717) is 5.56 Å². The standard InChI is InChI=1S/C15H14BrClN2O2/c1-9(10-5-6-13(21-2)12(16)8-10)19-15(20)11-4-3-7-18-14(11)17/h3-9H,1-2H3,(H,19,20). The number of carbonyl (C=O) groups is 1. The van der Waals surface area contributed by atoms with Crippen LogP contribution in [0.4, 0.5) is 0 Å². The molecular weight excluding hydrogens is 356 g/mol. The van der Waals surface area contributed by atoms with Gasteiger partial charge in [0.2, 0.25) is 0 Å². The van der Waals surface area contributed by atoms with E-state index in [-0.39, 0.29) is 17.1 Å². The predicted molar refractivity (Wildman–Crippen MR) is 85.8 cm³/mol. The number of ether oxygens (including phenoxy) is 1. The molecule has 1 unspecified atom stereocenters. The summed E-state index contributed by atoms with van der Waals surface area (Å²) in [6, 6.07) is 8.81. The van der Waals surface area contributed by atoms with Crippen molar-refractivity contribution in [3.8, 4) is 5.75 Å². The molecular formula is C15H14BrClN2O2. The van der Waals surface area contributed by atoms with E-state index in [0.717, 1.165) is 15.8 Å². The molecule has 1 N–H and O–H groups in total. The highest BCUT2D eigenvalue weighted by molar-refractivity contribution is 9.10. The second kappa shape index (κ2) is 6.91. The Balaban J connectivity index is 2.14. The molecule has 4 nitrogen and oxygen atoms in total. The van der Waals surface area contributed by atoms with Crippen LogP contribution in [-0.2, 0) is 0 Å². The number of hydrogen-bond acceptors (Lipinski definition) is 3. The minimum Gasteiger partial charge on any atom is -0.496 e. The van der Waals surface area contributed by atoms with Crippen LogP contribution in [-0.4, -0.2) is 18.0 Å². The zero-order valence-electron chi connectivity index (χ0n) is 11.6. The molecule has 0 saturated heterocycles. The quantitative estimate of drug-likeness (QED) is 0.829. The third-order valence-corrected chi connectivity index (χ3v) is 3.95. The lowest BCUT2D eigenvalue weighted by molar-refractivity contribution is 0.0939. The van der Waals surface area contributed by atoms with Crippen LogP contribution in [0.2, 0.25) is 5.15 Å². The van der Waals surface area contributed by atoms with Crippen molar-refractivity contribution in [2.75, 3.05) is 7.11 Å². The van der Waals surface area contributed by atoms with Gasteiger partial charge >= 0.3 is 0 Å². The Hall–Kier alpha value is -1.59. The highest BCUT2D eigenvalue weighted by atomic mass is 79.9. The molecule has 0 radical (unpaired) electrons. The zero-order valence-corrected chi connectivity index (χ0v) is 13.9. The van der Waals surface area contributed by atoms with Crippen molar-refractivity contribution in [2.24, 2.45) is 0 Å². The Morgan fingerprint density at radius 1 is 1.43 bits per heavy atom. The molecule has 2 aromatic rings. The fourth-order valence-electron chi connectivity index (χ4n) is 1.87. The van der Waals surface area contributed by atoms with Crippen molar-refractivity contribution in [1.29, 1.82) is 0 Å². The van der Waals surface area contributed by atoms with Crippen molar-refractivity contribution in [3.05, 3.63) is 57.3 Å². The van der Waals surface area contributed by atoms with Gasteiger partial charge in [-0.2, -0.15) is 0 Å². The minimum atomic E-state index is -0.257. The summed E-state index contributed by atoms with van der Waals surface area (Å²) in [5.74, 6) is 0.486. The maximum absolute atomic E-state index is 12.2. The van der Waals surface area contributed by atoms with Crippen molar-refractivity contribution < 1.29 is 9.53 Å². The SMILES string of the molecule is COc1ccc(C(C)NC(=O)c2cccnc2Cl)cc1Br. The maximum Gasteiger partial charge on any atom is 0.254 e. The van der Waals surface area contributed by atoms with Crippen molar-refractivity contribution in [1.82, 2.24) is 10.3 Å². The lowest BCUT2D eigenvalue weighted by Gasteiger charge is -2.16. The van der Waals surface area contributed by atoms with Crippen LogP contribution in [0, 0.1) is 0 Å². The smallest absolute Gasteiger partial charge is 0.254 e. The fraction of sp³-hybridized carbons (Fsp3) is 0.200. The average molecular weight is 370 g/mol. The minimum absolute atomic E-state index is 0.170. The lowest BCUT2D eigenvalue weighted by atomic mass is 10.1. The molecule has 110 valence electrons. The van der Waals surface area contributed by atoms with Gasteiger partial charge in [0, 0.05) is 6.20 Å². The molecule has 0 saturated carbocycles. The molecule has 0 fully saturated rings. The van der Waals surface area contributed by atoms with Crippen LogP contribution in [0.25, 0.3) is 0 Å². The van der Waals surface area contributed by atoms with E-state index in [4.69, 9.17) is 16.3 Å². The summed E-state index contributed by atoms with van der Waals surface area (Å²) >= 11 is 9.35. The molecule has 1 amide bonds. The number of pyridine rings is 1. The first-order chi connectivity index (χ1) is 10.0. The van der Waals surface area contributed by atoms with Gasteiger partial charge in [0.05, 0.1) is 23.2 Å². The topological polar surface area (TPSA) is 51.2 Å². The molecule has 2 rings (SSSR count). The number of nitrogens with one attached hydrogen (secondary N) is 1. The molecule has 0 spiro atoms. The van der Waals surface area contributed by atoms with Crippen molar-refractivity contribution in [2.45, 2.75) is 13.0 Å². The number of nitrogens with zero attached hydrogens (tertiary/aromatic N) is 1. The summed E-state index contributed by atoms with van der Waals surface area (Å²) in [6.45, 7) is 1.90. The summed E-state index contributed by atoms with van der Waals surface area (Å²) < 4.78 is 6.02. The van der Waals surface area contributed by atoms with E-state index in [1.54, 1.807) is 25.4 Å². The van der Waals surface area contributed by atoms with E-state index in [9.17, 15) is 4.79 Å². The average Bonchev–Trinajstić information content (AvgIpc) is 2.47. The number of hydrogen-bond donors (Lipinski definition) is 1. The van der Waals surface area contributed by atoms with Crippen LogP contribution in [0.3, 0.4) is 0 Å². The zero-order chi connectivity index (χ0) is 15.4. The van der Waals surface area contributed by atoms with Gasteiger partial charge in [-0.25, -0.2) is 4.98 Å². The number of benzene rings is 1.